The number of thioether (sulfide) groups is 1. The number of carbonyl (C=O) groups excluding carboxylic acids is 1. The zero-order valence-electron chi connectivity index (χ0n) is 9.14. The Labute approximate surface area is 100 Å². The average Bonchev–Trinajstić information content (AvgIpc) is 2.71. The van der Waals surface area contributed by atoms with Crippen LogP contribution in [-0.4, -0.2) is 29.6 Å². The van der Waals surface area contributed by atoms with Crippen molar-refractivity contribution in [2.75, 3.05) is 13.6 Å². The highest BCUT2D eigenvalue weighted by Gasteiger charge is 2.29. The van der Waals surface area contributed by atoms with Crippen LogP contribution >= 0.6 is 11.8 Å². The highest BCUT2D eigenvalue weighted by Crippen LogP contribution is 2.37. The molecule has 16 heavy (non-hydrogen) atoms. The minimum atomic E-state index is -0.00394. The molecule has 1 aliphatic rings. The van der Waals surface area contributed by atoms with Crippen molar-refractivity contribution in [3.05, 3.63) is 29.8 Å². The Kier molecular flexibility index (Phi) is 3.21. The lowest BCUT2D eigenvalue weighted by Gasteiger charge is -2.17. The van der Waals surface area contributed by atoms with E-state index in [0.29, 0.717) is 6.54 Å². The van der Waals surface area contributed by atoms with Crippen molar-refractivity contribution in [3.63, 3.8) is 0 Å². The first-order valence-corrected chi connectivity index (χ1v) is 6.03. The molecule has 0 saturated heterocycles. The molecule has 2 rings (SSSR count). The highest BCUT2D eigenvalue weighted by molar-refractivity contribution is 8.01. The molecule has 1 unspecified atom stereocenters. The van der Waals surface area contributed by atoms with Crippen molar-refractivity contribution in [2.45, 2.75) is 16.6 Å². The lowest BCUT2D eigenvalue weighted by molar-refractivity contribution is -0.128. The Morgan fingerprint density at radius 2 is 2.38 bits per heavy atom. The molecule has 2 nitrogen and oxygen atoms in total. The van der Waals surface area contributed by atoms with E-state index in [1.807, 2.05) is 12.1 Å². The minimum Gasteiger partial charge on any atom is -0.334 e. The first kappa shape index (κ1) is 11.1. The van der Waals surface area contributed by atoms with Crippen LogP contribution < -0.4 is 0 Å². The summed E-state index contributed by atoms with van der Waals surface area (Å²) in [5, 5.41) is -0.00394. The Morgan fingerprint density at radius 1 is 1.62 bits per heavy atom. The lowest BCUT2D eigenvalue weighted by Crippen LogP contribution is -2.34. The van der Waals surface area contributed by atoms with Gasteiger partial charge in [0, 0.05) is 11.9 Å². The first-order valence-electron chi connectivity index (χ1n) is 5.15. The third kappa shape index (κ3) is 2.07. The number of rotatable bonds is 2. The summed E-state index contributed by atoms with van der Waals surface area (Å²) in [7, 11) is 1.76. The number of carbonyl (C=O) groups is 1. The fraction of sp³-hybridized carbons (Fsp3) is 0.308. The summed E-state index contributed by atoms with van der Waals surface area (Å²) in [6.07, 6.45) is 6.01. The molecular weight excluding hydrogens is 218 g/mol. The van der Waals surface area contributed by atoms with Gasteiger partial charge in [-0.2, -0.15) is 0 Å². The average molecular weight is 231 g/mol. The van der Waals surface area contributed by atoms with Crippen molar-refractivity contribution < 1.29 is 4.79 Å². The van der Waals surface area contributed by atoms with Crippen molar-refractivity contribution >= 4 is 17.7 Å². The maximum atomic E-state index is 12.0. The molecular formula is C13H13NOS. The molecule has 0 saturated carbocycles. The standard InChI is InChI=1S/C13H13NOS/c1-3-8-14(2)13(15)12-9-10-6-4-5-7-11(10)16-12/h1,4-7,12H,8-9H2,2H3. The van der Waals surface area contributed by atoms with E-state index >= 15 is 0 Å². The number of terminal acetylenes is 1. The first-order chi connectivity index (χ1) is 7.72. The van der Waals surface area contributed by atoms with Crippen LogP contribution in [0.4, 0.5) is 0 Å². The molecule has 0 N–H and O–H groups in total. The molecule has 0 aromatic heterocycles. The molecule has 1 aromatic rings. The summed E-state index contributed by atoms with van der Waals surface area (Å²) in [5.41, 5.74) is 1.26. The second-order valence-corrected chi connectivity index (χ2v) is 5.06. The van der Waals surface area contributed by atoms with Gasteiger partial charge in [-0.25, -0.2) is 0 Å². The molecule has 1 amide bonds. The molecule has 0 fully saturated rings. The van der Waals surface area contributed by atoms with Crippen LogP contribution in [0.2, 0.25) is 0 Å². The summed E-state index contributed by atoms with van der Waals surface area (Å²) < 4.78 is 0. The SMILES string of the molecule is C#CCN(C)C(=O)C1Cc2ccccc2S1. The smallest absolute Gasteiger partial charge is 0.236 e. The van der Waals surface area contributed by atoms with E-state index in [9.17, 15) is 4.79 Å². The minimum absolute atomic E-state index is 0.00394. The van der Waals surface area contributed by atoms with E-state index in [4.69, 9.17) is 6.42 Å². The quantitative estimate of drug-likeness (QED) is 0.723. The van der Waals surface area contributed by atoms with Gasteiger partial charge in [-0.15, -0.1) is 18.2 Å². The fourth-order valence-electron chi connectivity index (χ4n) is 1.78. The van der Waals surface area contributed by atoms with E-state index in [0.717, 1.165) is 6.42 Å². The predicted molar refractivity (Wildman–Crippen MR) is 66.3 cm³/mol. The summed E-state index contributed by atoms with van der Waals surface area (Å²) in [5.74, 6) is 2.61. The normalized spacial score (nSPS) is 17.6. The Hall–Kier alpha value is -1.40. The number of hydrogen-bond acceptors (Lipinski definition) is 2. The topological polar surface area (TPSA) is 20.3 Å². The summed E-state index contributed by atoms with van der Waals surface area (Å²) in [4.78, 5) is 14.8. The second kappa shape index (κ2) is 4.63. The van der Waals surface area contributed by atoms with Crippen molar-refractivity contribution in [1.82, 2.24) is 4.90 Å². The molecule has 1 aromatic carbocycles. The molecule has 0 bridgehead atoms. The maximum Gasteiger partial charge on any atom is 0.236 e. The fourth-order valence-corrected chi connectivity index (χ4v) is 3.09. The van der Waals surface area contributed by atoms with Gasteiger partial charge in [0.2, 0.25) is 5.91 Å². The number of hydrogen-bond donors (Lipinski definition) is 0. The van der Waals surface area contributed by atoms with Gasteiger partial charge in [-0.05, 0) is 18.1 Å². The van der Waals surface area contributed by atoms with Crippen LogP contribution in [-0.2, 0) is 11.2 Å². The Bertz CT molecular complexity index is 424. The van der Waals surface area contributed by atoms with Gasteiger partial charge in [0.05, 0.1) is 11.8 Å². The Morgan fingerprint density at radius 3 is 3.06 bits per heavy atom. The van der Waals surface area contributed by atoms with Gasteiger partial charge in [0.15, 0.2) is 0 Å². The number of benzene rings is 1. The van der Waals surface area contributed by atoms with Crippen LogP contribution in [0.1, 0.15) is 5.56 Å². The van der Waals surface area contributed by atoms with Crippen molar-refractivity contribution in [1.29, 1.82) is 0 Å². The van der Waals surface area contributed by atoms with Crippen molar-refractivity contribution in [2.24, 2.45) is 0 Å². The number of nitrogens with zero attached hydrogens (tertiary/aromatic N) is 1. The molecule has 3 heteroatoms. The molecule has 0 radical (unpaired) electrons. The van der Waals surface area contributed by atoms with Gasteiger partial charge >= 0.3 is 0 Å². The van der Waals surface area contributed by atoms with Crippen LogP contribution in [0, 0.1) is 12.3 Å². The van der Waals surface area contributed by atoms with Crippen LogP contribution in [0.15, 0.2) is 29.2 Å². The van der Waals surface area contributed by atoms with Gasteiger partial charge in [0.1, 0.15) is 0 Å². The van der Waals surface area contributed by atoms with Gasteiger partial charge in [-0.3, -0.25) is 4.79 Å². The second-order valence-electron chi connectivity index (χ2n) is 3.82. The summed E-state index contributed by atoms with van der Waals surface area (Å²) in [6, 6.07) is 8.16. The monoisotopic (exact) mass is 231 g/mol. The lowest BCUT2D eigenvalue weighted by atomic mass is 10.1. The summed E-state index contributed by atoms with van der Waals surface area (Å²) >= 11 is 1.64. The molecule has 82 valence electrons. The zero-order valence-corrected chi connectivity index (χ0v) is 9.96. The van der Waals surface area contributed by atoms with E-state index in [2.05, 4.69) is 18.1 Å². The zero-order chi connectivity index (χ0) is 11.5. The van der Waals surface area contributed by atoms with E-state index in [-0.39, 0.29) is 11.2 Å². The molecule has 1 heterocycles. The van der Waals surface area contributed by atoms with E-state index in [1.165, 1.54) is 10.5 Å². The largest absolute Gasteiger partial charge is 0.334 e. The molecule has 1 aliphatic heterocycles. The van der Waals surface area contributed by atoms with Gasteiger partial charge < -0.3 is 4.90 Å². The van der Waals surface area contributed by atoms with Crippen LogP contribution in [0.25, 0.3) is 0 Å². The predicted octanol–water partition coefficient (Wildman–Crippen LogP) is 1.79. The molecule has 1 atom stereocenters. The third-order valence-corrected chi connectivity index (χ3v) is 3.93. The summed E-state index contributed by atoms with van der Waals surface area (Å²) in [6.45, 7) is 0.381. The van der Waals surface area contributed by atoms with Crippen molar-refractivity contribution in [3.8, 4) is 12.3 Å². The highest BCUT2D eigenvalue weighted by atomic mass is 32.2. The molecule has 0 spiro atoms. The van der Waals surface area contributed by atoms with Gasteiger partial charge in [-0.1, -0.05) is 24.1 Å². The van der Waals surface area contributed by atoms with E-state index < -0.39 is 0 Å². The molecule has 0 aliphatic carbocycles. The van der Waals surface area contributed by atoms with Crippen LogP contribution in [0.3, 0.4) is 0 Å². The Balaban J connectivity index is 2.07. The number of amides is 1. The van der Waals surface area contributed by atoms with Gasteiger partial charge in [0.25, 0.3) is 0 Å². The number of fused-ring (bicyclic) bond motifs is 1. The third-order valence-electron chi connectivity index (χ3n) is 2.63. The maximum absolute atomic E-state index is 12.0. The van der Waals surface area contributed by atoms with E-state index in [1.54, 1.807) is 23.7 Å². The van der Waals surface area contributed by atoms with Crippen LogP contribution in [0.5, 0.6) is 0 Å².